The van der Waals surface area contributed by atoms with Crippen molar-refractivity contribution in [2.24, 2.45) is 0 Å². The highest BCUT2D eigenvalue weighted by atomic mass is 16.3. The second-order valence-corrected chi connectivity index (χ2v) is 4.41. The monoisotopic (exact) mass is 223 g/mol. The van der Waals surface area contributed by atoms with Crippen molar-refractivity contribution in [3.63, 3.8) is 0 Å². The summed E-state index contributed by atoms with van der Waals surface area (Å²) in [5.41, 5.74) is 0.666. The van der Waals surface area contributed by atoms with Crippen LogP contribution in [-0.2, 0) is 6.42 Å². The van der Waals surface area contributed by atoms with Crippen LogP contribution in [0.3, 0.4) is 0 Å². The van der Waals surface area contributed by atoms with Crippen molar-refractivity contribution in [2.75, 3.05) is 0 Å². The molecule has 0 bridgehead atoms. The largest absolute Gasteiger partial charge is 0.466 e. The smallest absolute Gasteiger partial charge is 0.255 e. The molecule has 1 N–H and O–H groups in total. The number of carbonyl (C=O) groups excluding carboxylic acids is 1. The highest BCUT2D eigenvalue weighted by Crippen LogP contribution is 2.16. The molecule has 0 aliphatic heterocycles. The average Bonchev–Trinajstić information content (AvgIpc) is 2.55. The van der Waals surface area contributed by atoms with Gasteiger partial charge < -0.3 is 9.73 Å². The molecule has 0 aromatic carbocycles. The van der Waals surface area contributed by atoms with Gasteiger partial charge in [0.05, 0.1) is 5.56 Å². The quantitative estimate of drug-likeness (QED) is 0.833. The van der Waals surface area contributed by atoms with Crippen LogP contribution in [0.25, 0.3) is 0 Å². The first-order chi connectivity index (χ1) is 7.54. The molecule has 0 aliphatic carbocycles. The SMILES string of the molecule is CCCCc1cc(C(=O)NC(C)C)c(C)o1. The Hall–Kier alpha value is -1.25. The summed E-state index contributed by atoms with van der Waals surface area (Å²) in [6.07, 6.45) is 3.14. The van der Waals surface area contributed by atoms with Gasteiger partial charge in [-0.05, 0) is 33.3 Å². The number of rotatable bonds is 5. The van der Waals surface area contributed by atoms with E-state index in [4.69, 9.17) is 4.42 Å². The van der Waals surface area contributed by atoms with Crippen LogP contribution < -0.4 is 5.32 Å². The Bertz CT molecular complexity index is 353. The minimum atomic E-state index is -0.0426. The summed E-state index contributed by atoms with van der Waals surface area (Å²) < 4.78 is 5.56. The minimum Gasteiger partial charge on any atom is -0.466 e. The molecule has 3 nitrogen and oxygen atoms in total. The van der Waals surface area contributed by atoms with Gasteiger partial charge in [-0.3, -0.25) is 4.79 Å². The number of amides is 1. The van der Waals surface area contributed by atoms with E-state index in [0.717, 1.165) is 25.0 Å². The molecule has 0 atom stereocenters. The summed E-state index contributed by atoms with van der Waals surface area (Å²) in [5.74, 6) is 1.58. The summed E-state index contributed by atoms with van der Waals surface area (Å²) in [6, 6.07) is 2.02. The van der Waals surface area contributed by atoms with E-state index in [9.17, 15) is 4.79 Å². The fourth-order valence-electron chi connectivity index (χ4n) is 1.58. The molecule has 1 aromatic heterocycles. The standard InChI is InChI=1S/C13H21NO2/c1-5-6-7-11-8-12(10(4)16-11)13(15)14-9(2)3/h8-9H,5-7H2,1-4H3,(H,14,15). The number of unbranched alkanes of at least 4 members (excludes halogenated alkanes) is 1. The number of aryl methyl sites for hydroxylation is 2. The third kappa shape index (κ3) is 3.40. The normalized spacial score (nSPS) is 10.8. The maximum absolute atomic E-state index is 11.8. The van der Waals surface area contributed by atoms with Crippen LogP contribution in [0.4, 0.5) is 0 Å². The van der Waals surface area contributed by atoms with E-state index >= 15 is 0 Å². The van der Waals surface area contributed by atoms with Gasteiger partial charge in [-0.1, -0.05) is 13.3 Å². The van der Waals surface area contributed by atoms with Gasteiger partial charge in [0.25, 0.3) is 5.91 Å². The molecule has 0 radical (unpaired) electrons. The molecule has 16 heavy (non-hydrogen) atoms. The highest BCUT2D eigenvalue weighted by molar-refractivity contribution is 5.95. The Labute approximate surface area is 97.2 Å². The summed E-state index contributed by atoms with van der Waals surface area (Å²) in [6.45, 7) is 7.88. The summed E-state index contributed by atoms with van der Waals surface area (Å²) in [7, 11) is 0. The van der Waals surface area contributed by atoms with Crippen molar-refractivity contribution in [1.82, 2.24) is 5.32 Å². The highest BCUT2D eigenvalue weighted by Gasteiger charge is 2.15. The summed E-state index contributed by atoms with van der Waals surface area (Å²) >= 11 is 0. The van der Waals surface area contributed by atoms with Gasteiger partial charge in [0.1, 0.15) is 11.5 Å². The molecule has 0 aliphatic rings. The van der Waals surface area contributed by atoms with Gasteiger partial charge in [-0.25, -0.2) is 0 Å². The Morgan fingerprint density at radius 3 is 2.75 bits per heavy atom. The van der Waals surface area contributed by atoms with Crippen LogP contribution >= 0.6 is 0 Å². The molecule has 0 saturated heterocycles. The maximum atomic E-state index is 11.8. The Morgan fingerprint density at radius 2 is 2.19 bits per heavy atom. The maximum Gasteiger partial charge on any atom is 0.255 e. The first kappa shape index (κ1) is 12.8. The predicted octanol–water partition coefficient (Wildman–Crippen LogP) is 3.07. The van der Waals surface area contributed by atoms with E-state index < -0.39 is 0 Å². The zero-order chi connectivity index (χ0) is 12.1. The Balaban J connectivity index is 2.72. The lowest BCUT2D eigenvalue weighted by atomic mass is 10.1. The predicted molar refractivity (Wildman–Crippen MR) is 64.7 cm³/mol. The summed E-state index contributed by atoms with van der Waals surface area (Å²) in [5, 5.41) is 2.87. The number of furan rings is 1. The molecule has 1 heterocycles. The second-order valence-electron chi connectivity index (χ2n) is 4.41. The summed E-state index contributed by atoms with van der Waals surface area (Å²) in [4.78, 5) is 11.8. The molecule has 1 amide bonds. The number of carbonyl (C=O) groups is 1. The average molecular weight is 223 g/mol. The van der Waals surface area contributed by atoms with Crippen LogP contribution in [-0.4, -0.2) is 11.9 Å². The number of hydrogen-bond donors (Lipinski definition) is 1. The number of hydrogen-bond acceptors (Lipinski definition) is 2. The molecule has 0 saturated carbocycles. The first-order valence-electron chi connectivity index (χ1n) is 5.94. The molecule has 0 fully saturated rings. The van der Waals surface area contributed by atoms with Gasteiger partial charge in [0.2, 0.25) is 0 Å². The van der Waals surface area contributed by atoms with Gasteiger partial charge in [-0.15, -0.1) is 0 Å². The van der Waals surface area contributed by atoms with Crippen LogP contribution in [0.2, 0.25) is 0 Å². The van der Waals surface area contributed by atoms with Crippen LogP contribution in [0.15, 0.2) is 10.5 Å². The minimum absolute atomic E-state index is 0.0426. The Morgan fingerprint density at radius 1 is 1.50 bits per heavy atom. The van der Waals surface area contributed by atoms with Crippen molar-refractivity contribution >= 4 is 5.91 Å². The molecule has 90 valence electrons. The lowest BCUT2D eigenvalue weighted by molar-refractivity contribution is 0.0941. The lowest BCUT2D eigenvalue weighted by Gasteiger charge is -2.06. The number of nitrogens with one attached hydrogen (secondary N) is 1. The van der Waals surface area contributed by atoms with E-state index in [1.165, 1.54) is 0 Å². The fraction of sp³-hybridized carbons (Fsp3) is 0.615. The third-order valence-electron chi connectivity index (χ3n) is 2.41. The van der Waals surface area contributed by atoms with E-state index in [0.29, 0.717) is 11.3 Å². The Kier molecular flexibility index (Phi) is 4.59. The molecule has 3 heteroatoms. The van der Waals surface area contributed by atoms with Crippen molar-refractivity contribution < 1.29 is 9.21 Å². The van der Waals surface area contributed by atoms with Gasteiger partial charge in [0, 0.05) is 12.5 Å². The molecule has 1 aromatic rings. The topological polar surface area (TPSA) is 42.2 Å². The van der Waals surface area contributed by atoms with E-state index in [2.05, 4.69) is 12.2 Å². The van der Waals surface area contributed by atoms with Gasteiger partial charge >= 0.3 is 0 Å². The van der Waals surface area contributed by atoms with Crippen molar-refractivity contribution in [3.05, 3.63) is 23.2 Å². The second kappa shape index (κ2) is 5.73. The molecular weight excluding hydrogens is 202 g/mol. The lowest BCUT2D eigenvalue weighted by Crippen LogP contribution is -2.30. The zero-order valence-electron chi connectivity index (χ0n) is 10.6. The van der Waals surface area contributed by atoms with Crippen LogP contribution in [0.5, 0.6) is 0 Å². The van der Waals surface area contributed by atoms with Crippen molar-refractivity contribution in [3.8, 4) is 0 Å². The van der Waals surface area contributed by atoms with Gasteiger partial charge in [0.15, 0.2) is 0 Å². The van der Waals surface area contributed by atoms with Crippen LogP contribution in [0, 0.1) is 6.92 Å². The van der Waals surface area contributed by atoms with E-state index in [-0.39, 0.29) is 11.9 Å². The zero-order valence-corrected chi connectivity index (χ0v) is 10.6. The third-order valence-corrected chi connectivity index (χ3v) is 2.41. The molecule has 1 rings (SSSR count). The van der Waals surface area contributed by atoms with Crippen molar-refractivity contribution in [1.29, 1.82) is 0 Å². The van der Waals surface area contributed by atoms with Gasteiger partial charge in [-0.2, -0.15) is 0 Å². The van der Waals surface area contributed by atoms with E-state index in [1.807, 2.05) is 26.8 Å². The fourth-order valence-corrected chi connectivity index (χ4v) is 1.58. The molecular formula is C13H21NO2. The first-order valence-corrected chi connectivity index (χ1v) is 5.94. The van der Waals surface area contributed by atoms with Crippen molar-refractivity contribution in [2.45, 2.75) is 53.0 Å². The van der Waals surface area contributed by atoms with E-state index in [1.54, 1.807) is 0 Å². The molecule has 0 unspecified atom stereocenters. The molecule has 0 spiro atoms. The van der Waals surface area contributed by atoms with Crippen LogP contribution in [0.1, 0.15) is 55.5 Å².